The van der Waals surface area contributed by atoms with Crippen molar-refractivity contribution in [3.63, 3.8) is 0 Å². The molecule has 0 spiro atoms. The van der Waals surface area contributed by atoms with Crippen molar-refractivity contribution in [3.05, 3.63) is 24.3 Å². The standard InChI is InChI=1S/C18H31N3/c1-15-12-16(2)14-21(13-15)18-8-6-17(7-9-18)20-11-5-3-4-10-19/h6-9,15-16,20H,3-5,10-14,19H2,1-2H3. The maximum absolute atomic E-state index is 5.50. The molecule has 3 N–H and O–H groups in total. The molecule has 21 heavy (non-hydrogen) atoms. The second-order valence-corrected chi connectivity index (χ2v) is 6.67. The minimum Gasteiger partial charge on any atom is -0.385 e. The van der Waals surface area contributed by atoms with E-state index < -0.39 is 0 Å². The Hall–Kier alpha value is -1.22. The van der Waals surface area contributed by atoms with E-state index in [0.717, 1.165) is 31.3 Å². The molecule has 3 nitrogen and oxygen atoms in total. The van der Waals surface area contributed by atoms with Gasteiger partial charge < -0.3 is 16.0 Å². The number of hydrogen-bond donors (Lipinski definition) is 2. The number of anilines is 2. The SMILES string of the molecule is CC1CC(C)CN(c2ccc(NCCCCCN)cc2)C1. The fourth-order valence-electron chi connectivity index (χ4n) is 3.34. The first kappa shape index (κ1) is 16.2. The second kappa shape index (κ2) is 8.28. The van der Waals surface area contributed by atoms with Crippen LogP contribution in [0, 0.1) is 11.8 Å². The minimum atomic E-state index is 0.800. The lowest BCUT2D eigenvalue weighted by Gasteiger charge is -2.36. The summed E-state index contributed by atoms with van der Waals surface area (Å²) in [7, 11) is 0. The quantitative estimate of drug-likeness (QED) is 0.752. The molecule has 1 aliphatic rings. The summed E-state index contributed by atoms with van der Waals surface area (Å²) in [6, 6.07) is 8.93. The molecule has 3 heteroatoms. The van der Waals surface area contributed by atoms with Crippen molar-refractivity contribution in [1.29, 1.82) is 0 Å². The highest BCUT2D eigenvalue weighted by Gasteiger charge is 2.21. The summed E-state index contributed by atoms with van der Waals surface area (Å²) in [5.41, 5.74) is 8.09. The molecule has 2 atom stereocenters. The Balaban J connectivity index is 1.81. The van der Waals surface area contributed by atoms with Gasteiger partial charge in [0.2, 0.25) is 0 Å². The van der Waals surface area contributed by atoms with E-state index in [1.807, 2.05) is 0 Å². The van der Waals surface area contributed by atoms with Crippen LogP contribution in [0.15, 0.2) is 24.3 Å². The third-order valence-corrected chi connectivity index (χ3v) is 4.31. The Morgan fingerprint density at radius 2 is 1.71 bits per heavy atom. The molecular formula is C18H31N3. The molecule has 118 valence electrons. The Morgan fingerprint density at radius 1 is 1.05 bits per heavy atom. The van der Waals surface area contributed by atoms with Crippen molar-refractivity contribution in [2.45, 2.75) is 39.5 Å². The van der Waals surface area contributed by atoms with Crippen molar-refractivity contribution >= 4 is 11.4 Å². The van der Waals surface area contributed by atoms with Gasteiger partial charge >= 0.3 is 0 Å². The van der Waals surface area contributed by atoms with Gasteiger partial charge in [-0.15, -0.1) is 0 Å². The molecular weight excluding hydrogens is 258 g/mol. The highest BCUT2D eigenvalue weighted by molar-refractivity contribution is 5.55. The summed E-state index contributed by atoms with van der Waals surface area (Å²) in [6.07, 6.45) is 4.90. The van der Waals surface area contributed by atoms with E-state index >= 15 is 0 Å². The molecule has 1 saturated heterocycles. The average molecular weight is 289 g/mol. The number of rotatable bonds is 7. The Kier molecular flexibility index (Phi) is 6.37. The Bertz CT molecular complexity index is 391. The number of nitrogens with two attached hydrogens (primary N) is 1. The van der Waals surface area contributed by atoms with Crippen LogP contribution in [0.3, 0.4) is 0 Å². The van der Waals surface area contributed by atoms with Gasteiger partial charge in [0.25, 0.3) is 0 Å². The number of benzene rings is 1. The topological polar surface area (TPSA) is 41.3 Å². The minimum absolute atomic E-state index is 0.800. The van der Waals surface area contributed by atoms with E-state index in [1.165, 1.54) is 43.7 Å². The molecule has 1 aromatic rings. The third-order valence-electron chi connectivity index (χ3n) is 4.31. The number of unbranched alkanes of at least 4 members (excludes halogenated alkanes) is 2. The fraction of sp³-hybridized carbons (Fsp3) is 0.667. The van der Waals surface area contributed by atoms with E-state index in [9.17, 15) is 0 Å². The number of hydrogen-bond acceptors (Lipinski definition) is 3. The van der Waals surface area contributed by atoms with E-state index in [0.29, 0.717) is 0 Å². The van der Waals surface area contributed by atoms with Gasteiger partial charge in [-0.25, -0.2) is 0 Å². The molecule has 0 aromatic heterocycles. The van der Waals surface area contributed by atoms with Crippen molar-refractivity contribution in [2.75, 3.05) is 36.4 Å². The first-order valence-corrected chi connectivity index (χ1v) is 8.48. The van der Waals surface area contributed by atoms with Crippen molar-refractivity contribution in [3.8, 4) is 0 Å². The largest absolute Gasteiger partial charge is 0.385 e. The predicted molar refractivity (Wildman–Crippen MR) is 93.0 cm³/mol. The van der Waals surface area contributed by atoms with E-state index in [-0.39, 0.29) is 0 Å². The summed E-state index contributed by atoms with van der Waals surface area (Å²) in [4.78, 5) is 2.53. The number of nitrogens with zero attached hydrogens (tertiary/aromatic N) is 1. The fourth-order valence-corrected chi connectivity index (χ4v) is 3.34. The molecule has 1 heterocycles. The summed E-state index contributed by atoms with van der Waals surface area (Å²) >= 11 is 0. The Labute approximate surface area is 129 Å². The molecule has 0 radical (unpaired) electrons. The first-order chi connectivity index (χ1) is 10.2. The zero-order chi connectivity index (χ0) is 15.1. The lowest BCUT2D eigenvalue weighted by atomic mass is 9.91. The van der Waals surface area contributed by atoms with Gasteiger partial charge in [0, 0.05) is 31.0 Å². The van der Waals surface area contributed by atoms with Gasteiger partial charge in [0.05, 0.1) is 0 Å². The summed E-state index contributed by atoms with van der Waals surface area (Å²) in [5, 5.41) is 3.49. The molecule has 0 saturated carbocycles. The average Bonchev–Trinajstić information content (AvgIpc) is 2.47. The van der Waals surface area contributed by atoms with Gasteiger partial charge in [-0.05, 0) is 61.9 Å². The number of piperidine rings is 1. The molecule has 1 aliphatic heterocycles. The summed E-state index contributed by atoms with van der Waals surface area (Å²) in [6.45, 7) is 8.95. The van der Waals surface area contributed by atoms with Crippen LogP contribution < -0.4 is 16.0 Å². The molecule has 2 rings (SSSR count). The van der Waals surface area contributed by atoms with E-state index in [4.69, 9.17) is 5.73 Å². The van der Waals surface area contributed by atoms with Crippen molar-refractivity contribution < 1.29 is 0 Å². The van der Waals surface area contributed by atoms with Crippen LogP contribution in [0.4, 0.5) is 11.4 Å². The molecule has 0 amide bonds. The van der Waals surface area contributed by atoms with Gasteiger partial charge in [-0.2, -0.15) is 0 Å². The predicted octanol–water partition coefficient (Wildman–Crippen LogP) is 3.71. The van der Waals surface area contributed by atoms with Crippen LogP contribution in [0.25, 0.3) is 0 Å². The van der Waals surface area contributed by atoms with E-state index in [2.05, 4.69) is 48.3 Å². The number of nitrogens with one attached hydrogen (secondary N) is 1. The van der Waals surface area contributed by atoms with E-state index in [1.54, 1.807) is 0 Å². The lowest BCUT2D eigenvalue weighted by molar-refractivity contribution is 0.357. The monoisotopic (exact) mass is 289 g/mol. The molecule has 1 aromatic carbocycles. The van der Waals surface area contributed by atoms with Gasteiger partial charge in [0.1, 0.15) is 0 Å². The van der Waals surface area contributed by atoms with Crippen LogP contribution in [0.1, 0.15) is 39.5 Å². The normalized spacial score (nSPS) is 22.3. The van der Waals surface area contributed by atoms with Crippen LogP contribution >= 0.6 is 0 Å². The summed E-state index contributed by atoms with van der Waals surface area (Å²) in [5.74, 6) is 1.60. The van der Waals surface area contributed by atoms with Gasteiger partial charge in [0.15, 0.2) is 0 Å². The van der Waals surface area contributed by atoms with Crippen molar-refractivity contribution in [2.24, 2.45) is 17.6 Å². The molecule has 1 fully saturated rings. The van der Waals surface area contributed by atoms with Crippen LogP contribution in [0.2, 0.25) is 0 Å². The zero-order valence-electron chi connectivity index (χ0n) is 13.6. The Morgan fingerprint density at radius 3 is 2.33 bits per heavy atom. The maximum Gasteiger partial charge on any atom is 0.0367 e. The molecule has 0 bridgehead atoms. The van der Waals surface area contributed by atoms with Gasteiger partial charge in [-0.1, -0.05) is 20.3 Å². The lowest BCUT2D eigenvalue weighted by Crippen LogP contribution is -2.38. The highest BCUT2D eigenvalue weighted by Crippen LogP contribution is 2.27. The van der Waals surface area contributed by atoms with Crippen LogP contribution in [-0.2, 0) is 0 Å². The van der Waals surface area contributed by atoms with Gasteiger partial charge in [-0.3, -0.25) is 0 Å². The van der Waals surface area contributed by atoms with Crippen molar-refractivity contribution in [1.82, 2.24) is 0 Å². The van der Waals surface area contributed by atoms with Crippen LogP contribution in [-0.4, -0.2) is 26.2 Å². The van der Waals surface area contributed by atoms with Crippen LogP contribution in [0.5, 0.6) is 0 Å². The third kappa shape index (κ3) is 5.24. The first-order valence-electron chi connectivity index (χ1n) is 8.48. The second-order valence-electron chi connectivity index (χ2n) is 6.67. The zero-order valence-corrected chi connectivity index (χ0v) is 13.6. The smallest absolute Gasteiger partial charge is 0.0367 e. The molecule has 2 unspecified atom stereocenters. The summed E-state index contributed by atoms with van der Waals surface area (Å²) < 4.78 is 0. The maximum atomic E-state index is 5.50. The molecule has 0 aliphatic carbocycles. The highest BCUT2D eigenvalue weighted by atomic mass is 15.1.